The molecule has 2 aromatic heterocycles. The van der Waals surface area contributed by atoms with Gasteiger partial charge < -0.3 is 19.9 Å². The lowest BCUT2D eigenvalue weighted by molar-refractivity contribution is -0.150. The van der Waals surface area contributed by atoms with Gasteiger partial charge in [-0.3, -0.25) is 14.4 Å². The van der Waals surface area contributed by atoms with Gasteiger partial charge in [-0.2, -0.15) is 0 Å². The number of amides is 2. The van der Waals surface area contributed by atoms with Crippen LogP contribution in [0.25, 0.3) is 0 Å². The molecule has 2 rings (SSSR count). The fourth-order valence-corrected chi connectivity index (χ4v) is 2.59. The minimum Gasteiger partial charge on any atom is -0.452 e. The van der Waals surface area contributed by atoms with Crippen LogP contribution in [0.5, 0.6) is 0 Å². The van der Waals surface area contributed by atoms with Crippen LogP contribution in [-0.4, -0.2) is 45.5 Å². The first-order valence-electron chi connectivity index (χ1n) is 7.77. The summed E-state index contributed by atoms with van der Waals surface area (Å²) in [5.41, 5.74) is 0.321. The number of rotatable bonds is 8. The third-order valence-electron chi connectivity index (χ3n) is 3.04. The molecule has 9 nitrogen and oxygen atoms in total. The number of nitrogens with zero attached hydrogens (tertiary/aromatic N) is 2. The summed E-state index contributed by atoms with van der Waals surface area (Å²) in [6.07, 6.45) is 0.458. The van der Waals surface area contributed by atoms with Gasteiger partial charge in [0.15, 0.2) is 17.1 Å². The number of thioether (sulfide) groups is 1. The summed E-state index contributed by atoms with van der Waals surface area (Å²) in [6.45, 7) is 3.13. The summed E-state index contributed by atoms with van der Waals surface area (Å²) in [4.78, 5) is 39.4. The van der Waals surface area contributed by atoms with Gasteiger partial charge in [0.1, 0.15) is 5.76 Å². The van der Waals surface area contributed by atoms with Crippen molar-refractivity contribution in [1.82, 2.24) is 10.1 Å². The monoisotopic (exact) mass is 412 g/mol. The van der Waals surface area contributed by atoms with Crippen molar-refractivity contribution in [1.29, 1.82) is 0 Å². The molecule has 0 spiro atoms. The Morgan fingerprint density at radius 3 is 2.78 bits per heavy atom. The smallest absolute Gasteiger partial charge is 0.316 e. The van der Waals surface area contributed by atoms with Gasteiger partial charge in [0.05, 0.1) is 17.2 Å². The predicted molar refractivity (Wildman–Crippen MR) is 101 cm³/mol. The zero-order valence-corrected chi connectivity index (χ0v) is 16.1. The van der Waals surface area contributed by atoms with Crippen LogP contribution >= 0.6 is 23.4 Å². The molecule has 0 aliphatic carbocycles. The van der Waals surface area contributed by atoms with Crippen molar-refractivity contribution in [2.45, 2.75) is 20.0 Å². The summed E-state index contributed by atoms with van der Waals surface area (Å²) >= 11 is 6.90. The van der Waals surface area contributed by atoms with Crippen molar-refractivity contribution in [3.63, 3.8) is 0 Å². The van der Waals surface area contributed by atoms with Crippen LogP contribution in [-0.2, 0) is 19.1 Å². The molecule has 11 heteroatoms. The lowest BCUT2D eigenvalue weighted by atomic mass is 10.3. The third kappa shape index (κ3) is 6.91. The van der Waals surface area contributed by atoms with Gasteiger partial charge in [-0.1, -0.05) is 16.8 Å². The largest absolute Gasteiger partial charge is 0.452 e. The molecular formula is C16H17ClN4O5S. The highest BCUT2D eigenvalue weighted by Gasteiger charge is 2.19. The highest BCUT2D eigenvalue weighted by molar-refractivity contribution is 8.00. The number of hydrogen-bond donors (Lipinski definition) is 2. The highest BCUT2D eigenvalue weighted by atomic mass is 35.5. The zero-order chi connectivity index (χ0) is 19.8. The molecule has 0 aromatic carbocycles. The Labute approximate surface area is 164 Å². The normalized spacial score (nSPS) is 11.5. The second-order valence-corrected chi connectivity index (χ2v) is 6.67. The SMILES string of the molecule is Cc1cc(NC(=O)CSCC(=O)O[C@H](C)C(=O)Nc2cccnc2Cl)no1. The number of aromatic nitrogens is 2. The summed E-state index contributed by atoms with van der Waals surface area (Å²) in [7, 11) is 0. The molecule has 2 N–H and O–H groups in total. The summed E-state index contributed by atoms with van der Waals surface area (Å²) < 4.78 is 9.86. The van der Waals surface area contributed by atoms with Crippen LogP contribution in [0, 0.1) is 6.92 Å². The quantitative estimate of drug-likeness (QED) is 0.500. The van der Waals surface area contributed by atoms with Gasteiger partial charge in [-0.05, 0) is 26.0 Å². The van der Waals surface area contributed by atoms with Crippen molar-refractivity contribution in [3.8, 4) is 0 Å². The zero-order valence-electron chi connectivity index (χ0n) is 14.5. The Bertz CT molecular complexity index is 829. The van der Waals surface area contributed by atoms with Crippen molar-refractivity contribution >= 4 is 52.7 Å². The van der Waals surface area contributed by atoms with E-state index < -0.39 is 18.0 Å². The van der Waals surface area contributed by atoms with E-state index in [9.17, 15) is 14.4 Å². The first kappa shape index (κ1) is 20.7. The number of pyridine rings is 1. The highest BCUT2D eigenvalue weighted by Crippen LogP contribution is 2.18. The first-order chi connectivity index (χ1) is 12.8. The Morgan fingerprint density at radius 2 is 2.11 bits per heavy atom. The van der Waals surface area contributed by atoms with Gasteiger partial charge in [0.25, 0.3) is 5.91 Å². The first-order valence-corrected chi connectivity index (χ1v) is 9.30. The van der Waals surface area contributed by atoms with Crippen LogP contribution in [0.3, 0.4) is 0 Å². The van der Waals surface area contributed by atoms with E-state index in [4.69, 9.17) is 20.9 Å². The van der Waals surface area contributed by atoms with Crippen LogP contribution < -0.4 is 10.6 Å². The number of aryl methyl sites for hydroxylation is 1. The van der Waals surface area contributed by atoms with Crippen LogP contribution in [0.15, 0.2) is 28.9 Å². The standard InChI is InChI=1S/C16H17ClN4O5S/c1-9-6-12(21-26-9)20-13(22)7-27-8-14(23)25-10(2)16(24)19-11-4-3-5-18-15(11)17/h3-6,10H,7-8H2,1-2H3,(H,19,24)(H,20,21,22)/t10-/m1/s1. The second-order valence-electron chi connectivity index (χ2n) is 5.33. The Morgan fingerprint density at radius 1 is 1.33 bits per heavy atom. The van der Waals surface area contributed by atoms with Crippen molar-refractivity contribution < 1.29 is 23.6 Å². The van der Waals surface area contributed by atoms with E-state index in [2.05, 4.69) is 20.8 Å². The van der Waals surface area contributed by atoms with E-state index in [1.165, 1.54) is 13.1 Å². The van der Waals surface area contributed by atoms with Crippen LogP contribution in [0.4, 0.5) is 11.5 Å². The molecule has 0 aliphatic rings. The fraction of sp³-hybridized carbons (Fsp3) is 0.312. The summed E-state index contributed by atoms with van der Waals surface area (Å²) in [5.74, 6) is -0.685. The number of nitrogens with one attached hydrogen (secondary N) is 2. The molecule has 0 aliphatic heterocycles. The van der Waals surface area contributed by atoms with Crippen LogP contribution in [0.1, 0.15) is 12.7 Å². The van der Waals surface area contributed by atoms with Gasteiger partial charge in [-0.25, -0.2) is 4.98 Å². The molecule has 0 unspecified atom stereocenters. The summed E-state index contributed by atoms with van der Waals surface area (Å²) in [6, 6.07) is 4.76. The molecule has 2 amide bonds. The number of carbonyl (C=O) groups is 3. The minimum atomic E-state index is -1.03. The molecule has 27 heavy (non-hydrogen) atoms. The van der Waals surface area contributed by atoms with Crippen molar-refractivity contribution in [3.05, 3.63) is 35.3 Å². The number of carbonyl (C=O) groups excluding carboxylic acids is 3. The molecule has 2 heterocycles. The Balaban J connectivity index is 1.69. The maximum atomic E-state index is 12.0. The Kier molecular flexibility index (Phi) is 7.62. The molecule has 0 bridgehead atoms. The fourth-order valence-electron chi connectivity index (χ4n) is 1.83. The maximum Gasteiger partial charge on any atom is 0.316 e. The maximum absolute atomic E-state index is 12.0. The number of ether oxygens (including phenoxy) is 1. The third-order valence-corrected chi connectivity index (χ3v) is 4.25. The number of anilines is 2. The Hall–Kier alpha value is -2.59. The topological polar surface area (TPSA) is 123 Å². The lowest BCUT2D eigenvalue weighted by Gasteiger charge is -2.13. The van der Waals surface area contributed by atoms with Crippen molar-refractivity contribution in [2.24, 2.45) is 0 Å². The van der Waals surface area contributed by atoms with E-state index in [0.717, 1.165) is 11.8 Å². The number of hydrogen-bond acceptors (Lipinski definition) is 8. The molecule has 0 radical (unpaired) electrons. The molecule has 0 saturated carbocycles. The molecule has 1 atom stereocenters. The van der Waals surface area contributed by atoms with Gasteiger partial charge in [0, 0.05) is 12.3 Å². The predicted octanol–water partition coefficient (Wildman–Crippen LogP) is 2.27. The van der Waals surface area contributed by atoms with Crippen LogP contribution in [0.2, 0.25) is 5.15 Å². The summed E-state index contributed by atoms with van der Waals surface area (Å²) in [5, 5.41) is 8.82. The average Bonchev–Trinajstić information content (AvgIpc) is 3.01. The van der Waals surface area contributed by atoms with Gasteiger partial charge >= 0.3 is 5.97 Å². The van der Waals surface area contributed by atoms with E-state index in [1.807, 2.05) is 0 Å². The molecular weight excluding hydrogens is 396 g/mol. The minimum absolute atomic E-state index is 0.0207. The van der Waals surface area contributed by atoms with E-state index in [0.29, 0.717) is 17.3 Å². The van der Waals surface area contributed by atoms with Crippen molar-refractivity contribution in [2.75, 3.05) is 22.1 Å². The van der Waals surface area contributed by atoms with Gasteiger partial charge in [0.2, 0.25) is 5.91 Å². The number of halogens is 1. The number of esters is 1. The molecule has 144 valence electrons. The molecule has 0 saturated heterocycles. The van der Waals surface area contributed by atoms with E-state index in [1.54, 1.807) is 25.1 Å². The van der Waals surface area contributed by atoms with Gasteiger partial charge in [-0.15, -0.1) is 11.8 Å². The second kappa shape index (κ2) is 9.93. The van der Waals surface area contributed by atoms with E-state index >= 15 is 0 Å². The average molecular weight is 413 g/mol. The lowest BCUT2D eigenvalue weighted by Crippen LogP contribution is -2.30. The van der Waals surface area contributed by atoms with E-state index in [-0.39, 0.29) is 22.6 Å². The molecule has 0 fully saturated rings. The molecule has 2 aromatic rings.